The Labute approximate surface area is 145 Å². The van der Waals surface area contributed by atoms with Crippen LogP contribution in [0.3, 0.4) is 0 Å². The van der Waals surface area contributed by atoms with Gasteiger partial charge in [0.05, 0.1) is 17.4 Å². The molecule has 0 saturated carbocycles. The van der Waals surface area contributed by atoms with Crippen LogP contribution in [0.25, 0.3) is 0 Å². The van der Waals surface area contributed by atoms with E-state index in [9.17, 15) is 18.0 Å². The lowest BCUT2D eigenvalue weighted by atomic mass is 9.99. The van der Waals surface area contributed by atoms with Crippen molar-refractivity contribution in [2.45, 2.75) is 11.8 Å². The quantitative estimate of drug-likeness (QED) is 0.833. The topological polar surface area (TPSA) is 95.0 Å². The Morgan fingerprint density at radius 1 is 1.29 bits per heavy atom. The number of carboxylic acid groups (broad SMARTS) is 1. The van der Waals surface area contributed by atoms with E-state index in [-0.39, 0.29) is 23.9 Å². The van der Waals surface area contributed by atoms with Crippen LogP contribution in [0.4, 0.5) is 0 Å². The molecule has 24 heavy (non-hydrogen) atoms. The number of rotatable bonds is 5. The maximum Gasteiger partial charge on any atom is 0.308 e. The van der Waals surface area contributed by atoms with Gasteiger partial charge in [0.1, 0.15) is 0 Å². The summed E-state index contributed by atoms with van der Waals surface area (Å²) in [6.45, 7) is 1.83. The monoisotopic (exact) mass is 374 g/mol. The van der Waals surface area contributed by atoms with Gasteiger partial charge < -0.3 is 10.0 Å². The summed E-state index contributed by atoms with van der Waals surface area (Å²) >= 11 is 5.75. The number of nitrogens with zero attached hydrogens (tertiary/aromatic N) is 2. The zero-order valence-corrected chi connectivity index (χ0v) is 14.9. The van der Waals surface area contributed by atoms with Gasteiger partial charge in [-0.1, -0.05) is 18.5 Å². The molecule has 0 aromatic heterocycles. The first-order valence-corrected chi connectivity index (χ1v) is 9.17. The number of carbonyl (C=O) groups is 2. The molecule has 0 unspecified atom stereocenters. The number of likely N-dealkylation sites (tertiary alicyclic amines) is 1. The van der Waals surface area contributed by atoms with Crippen molar-refractivity contribution in [3.8, 4) is 0 Å². The first kappa shape index (κ1) is 18.7. The highest BCUT2D eigenvalue weighted by Crippen LogP contribution is 2.24. The second kappa shape index (κ2) is 7.08. The fraction of sp³-hybridized carbons (Fsp3) is 0.467. The Balaban J connectivity index is 2.06. The summed E-state index contributed by atoms with van der Waals surface area (Å²) in [7, 11) is -2.50. The van der Waals surface area contributed by atoms with Crippen molar-refractivity contribution in [1.82, 2.24) is 9.21 Å². The Morgan fingerprint density at radius 2 is 1.88 bits per heavy atom. The lowest BCUT2D eigenvalue weighted by Gasteiger charge is -2.21. The Kier molecular flexibility index (Phi) is 5.52. The van der Waals surface area contributed by atoms with E-state index in [1.807, 2.05) is 0 Å². The van der Waals surface area contributed by atoms with Crippen LogP contribution in [-0.2, 0) is 19.6 Å². The van der Waals surface area contributed by atoms with E-state index >= 15 is 0 Å². The highest BCUT2D eigenvalue weighted by atomic mass is 35.5. The number of amides is 1. The van der Waals surface area contributed by atoms with Gasteiger partial charge in [0.25, 0.3) is 0 Å². The zero-order chi connectivity index (χ0) is 18.1. The van der Waals surface area contributed by atoms with E-state index in [2.05, 4.69) is 0 Å². The molecule has 2 rings (SSSR count). The fourth-order valence-corrected chi connectivity index (χ4v) is 3.90. The minimum Gasteiger partial charge on any atom is -0.481 e. The van der Waals surface area contributed by atoms with Crippen LogP contribution in [0.15, 0.2) is 29.2 Å². The number of hydrogen-bond acceptors (Lipinski definition) is 4. The van der Waals surface area contributed by atoms with Crippen molar-refractivity contribution in [3.63, 3.8) is 0 Å². The van der Waals surface area contributed by atoms with Crippen LogP contribution in [0.1, 0.15) is 6.92 Å². The third kappa shape index (κ3) is 3.88. The van der Waals surface area contributed by atoms with Gasteiger partial charge in [-0.25, -0.2) is 8.42 Å². The molecule has 0 spiro atoms. The standard InChI is InChI=1S/C15H19ClN2O5S/c1-10-7-18(8-13(10)15(20)21)14(19)9-17(2)24(22,23)12-5-3-11(16)4-6-12/h3-6,10,13H,7-9H2,1-2H3,(H,20,21)/t10-,13-/m1/s1. The van der Waals surface area contributed by atoms with Gasteiger partial charge in [-0.05, 0) is 30.2 Å². The molecule has 1 N–H and O–H groups in total. The molecule has 0 aliphatic carbocycles. The number of halogens is 1. The molecule has 9 heteroatoms. The molecule has 1 fully saturated rings. The number of carboxylic acids is 1. The summed E-state index contributed by atoms with van der Waals surface area (Å²) in [5, 5.41) is 9.53. The first-order valence-electron chi connectivity index (χ1n) is 7.35. The van der Waals surface area contributed by atoms with Crippen molar-refractivity contribution in [3.05, 3.63) is 29.3 Å². The van der Waals surface area contributed by atoms with Crippen molar-refractivity contribution < 1.29 is 23.1 Å². The van der Waals surface area contributed by atoms with Gasteiger partial charge in [-0.15, -0.1) is 0 Å². The fourth-order valence-electron chi connectivity index (χ4n) is 2.65. The molecular weight excluding hydrogens is 356 g/mol. The molecule has 1 heterocycles. The van der Waals surface area contributed by atoms with Crippen LogP contribution < -0.4 is 0 Å². The molecule has 1 saturated heterocycles. The molecule has 7 nitrogen and oxygen atoms in total. The minimum absolute atomic E-state index is 0.0420. The second-order valence-corrected chi connectivity index (χ2v) is 8.42. The third-order valence-electron chi connectivity index (χ3n) is 4.16. The maximum absolute atomic E-state index is 12.4. The predicted molar refractivity (Wildman–Crippen MR) is 88.1 cm³/mol. The Morgan fingerprint density at radius 3 is 2.38 bits per heavy atom. The van der Waals surface area contributed by atoms with E-state index in [1.54, 1.807) is 6.92 Å². The highest BCUT2D eigenvalue weighted by molar-refractivity contribution is 7.89. The van der Waals surface area contributed by atoms with Gasteiger partial charge in [0.2, 0.25) is 15.9 Å². The van der Waals surface area contributed by atoms with Crippen molar-refractivity contribution in [2.75, 3.05) is 26.7 Å². The molecule has 1 aliphatic rings. The minimum atomic E-state index is -3.81. The molecule has 1 aromatic rings. The van der Waals surface area contributed by atoms with Crippen LogP contribution in [0.5, 0.6) is 0 Å². The van der Waals surface area contributed by atoms with Gasteiger partial charge in [0, 0.05) is 25.2 Å². The number of sulfonamides is 1. The third-order valence-corrected chi connectivity index (χ3v) is 6.23. The number of carbonyl (C=O) groups excluding carboxylic acids is 1. The second-order valence-electron chi connectivity index (χ2n) is 5.94. The molecular formula is C15H19ClN2O5S. The molecule has 0 bridgehead atoms. The number of hydrogen-bond donors (Lipinski definition) is 1. The largest absolute Gasteiger partial charge is 0.481 e. The SMILES string of the molecule is C[C@@H]1CN(C(=O)CN(C)S(=O)(=O)c2ccc(Cl)cc2)C[C@H]1C(=O)O. The highest BCUT2D eigenvalue weighted by Gasteiger charge is 2.37. The van der Waals surface area contributed by atoms with Crippen molar-refractivity contribution in [2.24, 2.45) is 11.8 Å². The van der Waals surface area contributed by atoms with E-state index in [0.717, 1.165) is 4.31 Å². The summed E-state index contributed by atoms with van der Waals surface area (Å²) in [5.74, 6) is -2.14. The molecule has 2 atom stereocenters. The van der Waals surface area contributed by atoms with Crippen LogP contribution in [0.2, 0.25) is 5.02 Å². The van der Waals surface area contributed by atoms with Crippen LogP contribution in [-0.4, -0.2) is 61.3 Å². The lowest BCUT2D eigenvalue weighted by molar-refractivity contribution is -0.142. The molecule has 0 radical (unpaired) electrons. The maximum atomic E-state index is 12.4. The average Bonchev–Trinajstić information content (AvgIpc) is 2.90. The van der Waals surface area contributed by atoms with E-state index in [0.29, 0.717) is 11.6 Å². The average molecular weight is 375 g/mol. The molecule has 132 valence electrons. The van der Waals surface area contributed by atoms with E-state index in [1.165, 1.54) is 36.2 Å². The van der Waals surface area contributed by atoms with Gasteiger partial charge in [0.15, 0.2) is 0 Å². The molecule has 1 amide bonds. The molecule has 1 aliphatic heterocycles. The smallest absolute Gasteiger partial charge is 0.308 e. The number of aliphatic carboxylic acids is 1. The summed E-state index contributed by atoms with van der Waals surface area (Å²) in [4.78, 5) is 24.9. The van der Waals surface area contributed by atoms with Gasteiger partial charge in [-0.3, -0.25) is 9.59 Å². The summed E-state index contributed by atoms with van der Waals surface area (Å²) in [5.41, 5.74) is 0. The van der Waals surface area contributed by atoms with E-state index < -0.39 is 27.8 Å². The zero-order valence-electron chi connectivity index (χ0n) is 13.3. The normalized spacial score (nSPS) is 21.2. The van der Waals surface area contributed by atoms with Gasteiger partial charge in [-0.2, -0.15) is 4.31 Å². The summed E-state index contributed by atoms with van der Waals surface area (Å²) in [6, 6.07) is 5.67. The van der Waals surface area contributed by atoms with Crippen LogP contribution >= 0.6 is 11.6 Å². The number of likely N-dealkylation sites (N-methyl/N-ethyl adjacent to an activating group) is 1. The predicted octanol–water partition coefficient (Wildman–Crippen LogP) is 1.14. The molecule has 1 aromatic carbocycles. The van der Waals surface area contributed by atoms with Crippen molar-refractivity contribution >= 4 is 33.5 Å². The van der Waals surface area contributed by atoms with E-state index in [4.69, 9.17) is 16.7 Å². The van der Waals surface area contributed by atoms with Crippen LogP contribution in [0, 0.1) is 11.8 Å². The summed E-state index contributed by atoms with van der Waals surface area (Å²) in [6.07, 6.45) is 0. The summed E-state index contributed by atoms with van der Waals surface area (Å²) < 4.78 is 25.9. The Hall–Kier alpha value is -1.64. The first-order chi connectivity index (χ1) is 11.1. The van der Waals surface area contributed by atoms with Crippen molar-refractivity contribution in [1.29, 1.82) is 0 Å². The van der Waals surface area contributed by atoms with Gasteiger partial charge >= 0.3 is 5.97 Å². The Bertz CT molecular complexity index is 735. The lowest BCUT2D eigenvalue weighted by Crippen LogP contribution is -2.40. The number of benzene rings is 1.